The fraction of sp³-hybridized carbons (Fsp3) is 0.778. The van der Waals surface area contributed by atoms with Crippen molar-refractivity contribution in [3.63, 3.8) is 0 Å². The Bertz CT molecular complexity index is 534. The molecule has 2 aliphatic heterocycles. The van der Waals surface area contributed by atoms with E-state index >= 15 is 0 Å². The van der Waals surface area contributed by atoms with E-state index < -0.39 is 5.54 Å². The number of amides is 1. The van der Waals surface area contributed by atoms with Gasteiger partial charge in [0.05, 0.1) is 0 Å². The van der Waals surface area contributed by atoms with Crippen molar-refractivity contribution in [1.29, 1.82) is 0 Å². The second kappa shape index (κ2) is 10.5. The molecule has 1 aromatic heterocycles. The summed E-state index contributed by atoms with van der Waals surface area (Å²) >= 11 is 0. The van der Waals surface area contributed by atoms with Crippen molar-refractivity contribution >= 4 is 30.7 Å². The lowest BCUT2D eigenvalue weighted by Gasteiger charge is -2.40. The standard InChI is InChI=1S/C18H31N5O.2ClH/c1-15-6-3-4-12-22(15)16(2)14-20-17(24)18(7-10-19-11-8-18)23-13-5-9-21-23;;/h5,9,13,15-16,19H,3-4,6-8,10-12,14H2,1-2H3,(H,20,24);2*1H. The predicted octanol–water partition coefficient (Wildman–Crippen LogP) is 2.18. The van der Waals surface area contributed by atoms with Crippen LogP contribution < -0.4 is 10.6 Å². The molecule has 26 heavy (non-hydrogen) atoms. The van der Waals surface area contributed by atoms with Gasteiger partial charge in [-0.2, -0.15) is 5.10 Å². The highest BCUT2D eigenvalue weighted by atomic mass is 35.5. The fourth-order valence-electron chi connectivity index (χ4n) is 4.22. The number of hydrogen-bond acceptors (Lipinski definition) is 4. The van der Waals surface area contributed by atoms with E-state index in [2.05, 4.69) is 34.5 Å². The molecule has 2 atom stereocenters. The van der Waals surface area contributed by atoms with Crippen LogP contribution in [0.5, 0.6) is 0 Å². The monoisotopic (exact) mass is 405 g/mol. The highest BCUT2D eigenvalue weighted by Crippen LogP contribution is 2.27. The summed E-state index contributed by atoms with van der Waals surface area (Å²) in [4.78, 5) is 15.6. The van der Waals surface area contributed by atoms with E-state index in [1.807, 2.05) is 16.9 Å². The highest BCUT2D eigenvalue weighted by Gasteiger charge is 2.42. The first-order valence-electron chi connectivity index (χ1n) is 9.38. The minimum Gasteiger partial charge on any atom is -0.352 e. The average Bonchev–Trinajstić information content (AvgIpc) is 3.15. The summed E-state index contributed by atoms with van der Waals surface area (Å²) in [6.07, 6.45) is 9.11. The lowest BCUT2D eigenvalue weighted by atomic mass is 9.87. The summed E-state index contributed by atoms with van der Waals surface area (Å²) in [5.41, 5.74) is -0.540. The molecule has 150 valence electrons. The summed E-state index contributed by atoms with van der Waals surface area (Å²) in [7, 11) is 0. The van der Waals surface area contributed by atoms with Crippen LogP contribution >= 0.6 is 24.8 Å². The van der Waals surface area contributed by atoms with E-state index in [4.69, 9.17) is 0 Å². The maximum absolute atomic E-state index is 13.1. The molecule has 8 heteroatoms. The van der Waals surface area contributed by atoms with Gasteiger partial charge in [0.25, 0.3) is 0 Å². The molecule has 6 nitrogen and oxygen atoms in total. The van der Waals surface area contributed by atoms with Gasteiger partial charge in [-0.1, -0.05) is 6.42 Å². The minimum atomic E-state index is -0.540. The molecular weight excluding hydrogens is 373 g/mol. The number of piperidine rings is 2. The molecule has 0 bridgehead atoms. The average molecular weight is 406 g/mol. The summed E-state index contributed by atoms with van der Waals surface area (Å²) in [5.74, 6) is 0.115. The number of nitrogens with zero attached hydrogens (tertiary/aromatic N) is 3. The van der Waals surface area contributed by atoms with E-state index in [9.17, 15) is 4.79 Å². The molecule has 0 aliphatic carbocycles. The van der Waals surface area contributed by atoms with Gasteiger partial charge in [0.2, 0.25) is 5.91 Å². The molecule has 2 aliphatic rings. The molecule has 3 rings (SSSR count). The largest absolute Gasteiger partial charge is 0.352 e. The van der Waals surface area contributed by atoms with Crippen LogP contribution in [0.3, 0.4) is 0 Å². The quantitative estimate of drug-likeness (QED) is 0.787. The van der Waals surface area contributed by atoms with Crippen LogP contribution in [0.2, 0.25) is 0 Å². The highest BCUT2D eigenvalue weighted by molar-refractivity contribution is 5.85. The normalized spacial score (nSPS) is 24.0. The first-order valence-corrected chi connectivity index (χ1v) is 9.38. The van der Waals surface area contributed by atoms with Crippen molar-refractivity contribution in [2.75, 3.05) is 26.2 Å². The van der Waals surface area contributed by atoms with Crippen molar-refractivity contribution in [3.8, 4) is 0 Å². The molecule has 2 unspecified atom stereocenters. The van der Waals surface area contributed by atoms with Gasteiger partial charge in [-0.15, -0.1) is 24.8 Å². The lowest BCUT2D eigenvalue weighted by molar-refractivity contribution is -0.132. The lowest BCUT2D eigenvalue weighted by Crippen LogP contribution is -2.57. The van der Waals surface area contributed by atoms with E-state index in [0.717, 1.165) is 32.5 Å². The number of halogens is 2. The Morgan fingerprint density at radius 1 is 1.35 bits per heavy atom. The summed E-state index contributed by atoms with van der Waals surface area (Å²) in [5, 5.41) is 11.0. The van der Waals surface area contributed by atoms with Crippen LogP contribution in [-0.4, -0.2) is 58.9 Å². The Balaban J connectivity index is 0.00000169. The number of aromatic nitrogens is 2. The second-order valence-electron chi connectivity index (χ2n) is 7.37. The van der Waals surface area contributed by atoms with Crippen LogP contribution in [0, 0.1) is 0 Å². The van der Waals surface area contributed by atoms with Crippen molar-refractivity contribution in [2.24, 2.45) is 0 Å². The van der Waals surface area contributed by atoms with Crippen LogP contribution in [0.15, 0.2) is 18.5 Å². The van der Waals surface area contributed by atoms with E-state index in [-0.39, 0.29) is 30.7 Å². The second-order valence-corrected chi connectivity index (χ2v) is 7.37. The van der Waals surface area contributed by atoms with Crippen molar-refractivity contribution in [2.45, 2.75) is 63.6 Å². The molecule has 2 fully saturated rings. The summed E-state index contributed by atoms with van der Waals surface area (Å²) in [6, 6.07) is 2.89. The van der Waals surface area contributed by atoms with E-state index in [1.165, 1.54) is 19.3 Å². The zero-order chi connectivity index (χ0) is 17.0. The maximum atomic E-state index is 13.1. The predicted molar refractivity (Wildman–Crippen MR) is 109 cm³/mol. The van der Waals surface area contributed by atoms with Crippen LogP contribution in [0.25, 0.3) is 0 Å². The van der Waals surface area contributed by atoms with Gasteiger partial charge in [-0.3, -0.25) is 14.4 Å². The number of carbonyl (C=O) groups is 1. The van der Waals surface area contributed by atoms with Crippen LogP contribution in [-0.2, 0) is 10.3 Å². The SMILES string of the molecule is CC1CCCCN1C(C)CNC(=O)C1(n2cccn2)CCNCC1.Cl.Cl. The Labute approximate surface area is 169 Å². The first-order chi connectivity index (χ1) is 11.6. The van der Waals surface area contributed by atoms with Gasteiger partial charge in [-0.25, -0.2) is 0 Å². The van der Waals surface area contributed by atoms with Gasteiger partial charge in [0, 0.05) is 31.0 Å². The molecular formula is C18H33Cl2N5O. The Morgan fingerprint density at radius 2 is 2.08 bits per heavy atom. The van der Waals surface area contributed by atoms with Crippen LogP contribution in [0.4, 0.5) is 0 Å². The third kappa shape index (κ3) is 4.91. The first kappa shape index (κ1) is 23.2. The van der Waals surface area contributed by atoms with E-state index in [0.29, 0.717) is 18.6 Å². The van der Waals surface area contributed by atoms with Gasteiger partial charge in [0.1, 0.15) is 5.54 Å². The molecule has 2 N–H and O–H groups in total. The molecule has 1 amide bonds. The van der Waals surface area contributed by atoms with E-state index in [1.54, 1.807) is 6.20 Å². The molecule has 0 saturated carbocycles. The number of nitrogens with one attached hydrogen (secondary N) is 2. The molecule has 1 aromatic rings. The topological polar surface area (TPSA) is 62.2 Å². The third-order valence-electron chi connectivity index (χ3n) is 5.77. The Morgan fingerprint density at radius 3 is 2.69 bits per heavy atom. The van der Waals surface area contributed by atoms with Crippen molar-refractivity contribution in [1.82, 2.24) is 25.3 Å². The Kier molecular flexibility index (Phi) is 9.38. The Hall–Kier alpha value is -0.820. The fourth-order valence-corrected chi connectivity index (χ4v) is 4.22. The van der Waals surface area contributed by atoms with Gasteiger partial charge < -0.3 is 10.6 Å². The minimum absolute atomic E-state index is 0. The molecule has 0 aromatic carbocycles. The zero-order valence-corrected chi connectivity index (χ0v) is 17.5. The molecule has 0 spiro atoms. The van der Waals surface area contributed by atoms with Gasteiger partial charge in [0.15, 0.2) is 0 Å². The van der Waals surface area contributed by atoms with Gasteiger partial charge >= 0.3 is 0 Å². The zero-order valence-electron chi connectivity index (χ0n) is 15.8. The summed E-state index contributed by atoms with van der Waals surface area (Å²) < 4.78 is 1.86. The smallest absolute Gasteiger partial charge is 0.248 e. The number of hydrogen-bond donors (Lipinski definition) is 2. The third-order valence-corrected chi connectivity index (χ3v) is 5.77. The molecule has 3 heterocycles. The number of carbonyl (C=O) groups excluding carboxylic acids is 1. The number of rotatable bonds is 5. The van der Waals surface area contributed by atoms with Gasteiger partial charge in [-0.05, 0) is 65.2 Å². The van der Waals surface area contributed by atoms with Crippen molar-refractivity contribution in [3.05, 3.63) is 18.5 Å². The summed E-state index contributed by atoms with van der Waals surface area (Å²) in [6.45, 7) is 8.09. The number of likely N-dealkylation sites (tertiary alicyclic amines) is 1. The maximum Gasteiger partial charge on any atom is 0.248 e. The van der Waals surface area contributed by atoms with Crippen LogP contribution in [0.1, 0.15) is 46.0 Å². The molecule has 2 saturated heterocycles. The molecule has 0 radical (unpaired) electrons. The van der Waals surface area contributed by atoms with Crippen molar-refractivity contribution < 1.29 is 4.79 Å².